The molecule has 1 heterocycles. The highest BCUT2D eigenvalue weighted by Gasteiger charge is 2.40. The number of fused-ring (bicyclic) bond motifs is 4. The lowest BCUT2D eigenvalue weighted by atomic mass is 9.66. The van der Waals surface area contributed by atoms with Gasteiger partial charge in [-0.25, -0.2) is 0 Å². The standard InChI is InChI=1S/C62H59N/c1-9-42-34-48(49-21-19-43-18-17-39(2)31-53(43)35-49)24-23-47(42)32-40(3)46-15-12-14-45-20-22-50(36-57(45)61(5,6)41(4)33-46)51-25-27-55-56-28-26-52(38-59(56)62(7,8)58(55)37-51)60-54-16-11-10-13-44(54)29-30-63-60/h9-13,15-19,21,23-24,26,28-35,37-38,50H,1,4,14,20,22,25,27,36H2,2-3,5-8H3/b15-12-,40-32+,46-33?. The van der Waals surface area contributed by atoms with Crippen LogP contribution >= 0.6 is 0 Å². The van der Waals surface area contributed by atoms with Gasteiger partial charge in [0.15, 0.2) is 0 Å². The molecule has 1 unspecified atom stereocenters. The monoisotopic (exact) mass is 817 g/mol. The van der Waals surface area contributed by atoms with Gasteiger partial charge in [-0.3, -0.25) is 4.98 Å². The molecule has 1 atom stereocenters. The van der Waals surface area contributed by atoms with Crippen molar-refractivity contribution in [1.29, 1.82) is 0 Å². The molecule has 1 aromatic heterocycles. The minimum absolute atomic E-state index is 0.0654. The van der Waals surface area contributed by atoms with E-state index in [0.717, 1.165) is 43.4 Å². The van der Waals surface area contributed by atoms with Crippen molar-refractivity contribution in [3.63, 3.8) is 0 Å². The Morgan fingerprint density at radius 3 is 2.40 bits per heavy atom. The molecule has 0 fully saturated rings. The van der Waals surface area contributed by atoms with Crippen molar-refractivity contribution in [2.24, 2.45) is 11.3 Å². The molecule has 0 radical (unpaired) electrons. The molecule has 4 aliphatic carbocycles. The van der Waals surface area contributed by atoms with Crippen molar-refractivity contribution in [2.45, 2.75) is 85.5 Å². The molecular formula is C62H59N. The summed E-state index contributed by atoms with van der Waals surface area (Å²) in [4.78, 5) is 4.89. The summed E-state index contributed by atoms with van der Waals surface area (Å²) in [5, 5.41) is 4.98. The Labute approximate surface area is 375 Å². The van der Waals surface area contributed by atoms with Crippen molar-refractivity contribution >= 4 is 39.3 Å². The molecule has 0 saturated heterocycles. The summed E-state index contributed by atoms with van der Waals surface area (Å²) in [7, 11) is 0. The molecule has 10 rings (SSSR count). The second-order valence-electron chi connectivity index (χ2n) is 19.7. The fourth-order valence-corrected chi connectivity index (χ4v) is 11.2. The van der Waals surface area contributed by atoms with Crippen LogP contribution in [0.25, 0.3) is 61.7 Å². The first-order chi connectivity index (χ1) is 30.4. The molecule has 0 spiro atoms. The van der Waals surface area contributed by atoms with E-state index in [1.807, 2.05) is 12.3 Å². The van der Waals surface area contributed by atoms with Gasteiger partial charge in [0.2, 0.25) is 0 Å². The molecule has 1 nitrogen and oxygen atoms in total. The van der Waals surface area contributed by atoms with E-state index in [2.05, 4.69) is 182 Å². The summed E-state index contributed by atoms with van der Waals surface area (Å²) in [5.74, 6) is 0.550. The number of nitrogens with zero attached hydrogens (tertiary/aromatic N) is 1. The quantitative estimate of drug-likeness (QED) is 0.153. The Bertz CT molecular complexity index is 3100. The van der Waals surface area contributed by atoms with Crippen LogP contribution < -0.4 is 0 Å². The zero-order valence-corrected chi connectivity index (χ0v) is 38.0. The lowest BCUT2D eigenvalue weighted by molar-refractivity contribution is 0.421. The summed E-state index contributed by atoms with van der Waals surface area (Å²) < 4.78 is 0. The molecule has 0 aliphatic heterocycles. The van der Waals surface area contributed by atoms with Crippen LogP contribution in [-0.2, 0) is 5.41 Å². The van der Waals surface area contributed by atoms with E-state index in [9.17, 15) is 0 Å². The molecule has 0 saturated carbocycles. The number of hydrogen-bond acceptors (Lipinski definition) is 1. The number of aryl methyl sites for hydroxylation is 1. The molecule has 312 valence electrons. The topological polar surface area (TPSA) is 12.9 Å². The van der Waals surface area contributed by atoms with Gasteiger partial charge in [-0.2, -0.15) is 0 Å². The lowest BCUT2D eigenvalue weighted by Gasteiger charge is -2.39. The van der Waals surface area contributed by atoms with Crippen LogP contribution in [0.1, 0.15) is 101 Å². The van der Waals surface area contributed by atoms with E-state index in [-0.39, 0.29) is 10.8 Å². The van der Waals surface area contributed by atoms with E-state index in [4.69, 9.17) is 11.6 Å². The Kier molecular flexibility index (Phi) is 10.2. The summed E-state index contributed by atoms with van der Waals surface area (Å²) in [6.07, 6.45) is 22.7. The van der Waals surface area contributed by atoms with Crippen LogP contribution in [0.2, 0.25) is 0 Å². The normalized spacial score (nSPS) is 20.0. The first-order valence-corrected chi connectivity index (χ1v) is 23.1. The zero-order chi connectivity index (χ0) is 43.6. The smallest absolute Gasteiger partial charge is 0.0780 e. The Balaban J connectivity index is 0.891. The van der Waals surface area contributed by atoms with Gasteiger partial charge in [0.05, 0.1) is 5.69 Å². The van der Waals surface area contributed by atoms with Crippen molar-refractivity contribution in [3.05, 3.63) is 214 Å². The first kappa shape index (κ1) is 40.7. The first-order valence-electron chi connectivity index (χ1n) is 23.1. The SMILES string of the molecule is C=Cc1cc(-c2ccc3ccc(C)cc3c2)ccc1/C=C(\C)C1=CC(=C)C(C)(C)C2=C(C/C=C\1)CCC(C1=CC3=C(CC1)c1ccc(-c4nccc5ccccc45)cc1C3(C)C)C2. The summed E-state index contributed by atoms with van der Waals surface area (Å²) in [6.45, 7) is 23.1. The van der Waals surface area contributed by atoms with Crippen LogP contribution in [-0.4, -0.2) is 4.98 Å². The van der Waals surface area contributed by atoms with Gasteiger partial charge in [0.25, 0.3) is 0 Å². The van der Waals surface area contributed by atoms with Crippen LogP contribution in [0.15, 0.2) is 186 Å². The fourth-order valence-electron chi connectivity index (χ4n) is 11.2. The van der Waals surface area contributed by atoms with Gasteiger partial charge in [-0.15, -0.1) is 0 Å². The molecule has 4 aliphatic rings. The third-order valence-corrected chi connectivity index (χ3v) is 15.2. The molecular weight excluding hydrogens is 759 g/mol. The number of hydrogen-bond donors (Lipinski definition) is 0. The number of rotatable bonds is 6. The van der Waals surface area contributed by atoms with Crippen LogP contribution in [0, 0.1) is 18.3 Å². The maximum atomic E-state index is 4.89. The Morgan fingerprint density at radius 2 is 1.54 bits per heavy atom. The van der Waals surface area contributed by atoms with Gasteiger partial charge in [-0.05, 0) is 160 Å². The molecule has 5 aromatic carbocycles. The predicted octanol–water partition coefficient (Wildman–Crippen LogP) is 17.1. The van der Waals surface area contributed by atoms with Gasteiger partial charge in [0.1, 0.15) is 0 Å². The van der Waals surface area contributed by atoms with Crippen LogP contribution in [0.5, 0.6) is 0 Å². The molecule has 0 amide bonds. The Morgan fingerprint density at radius 1 is 0.746 bits per heavy atom. The summed E-state index contributed by atoms with van der Waals surface area (Å²) >= 11 is 0. The van der Waals surface area contributed by atoms with E-state index < -0.39 is 0 Å². The van der Waals surface area contributed by atoms with Gasteiger partial charge >= 0.3 is 0 Å². The van der Waals surface area contributed by atoms with Crippen LogP contribution in [0.4, 0.5) is 0 Å². The number of pyridine rings is 1. The maximum absolute atomic E-state index is 4.89. The largest absolute Gasteiger partial charge is 0.256 e. The average Bonchev–Trinajstić information content (AvgIpc) is 3.54. The maximum Gasteiger partial charge on any atom is 0.0780 e. The molecule has 1 heteroatoms. The van der Waals surface area contributed by atoms with Crippen molar-refractivity contribution in [2.75, 3.05) is 0 Å². The van der Waals surface area contributed by atoms with Crippen molar-refractivity contribution < 1.29 is 0 Å². The highest BCUT2D eigenvalue weighted by molar-refractivity contribution is 5.95. The second-order valence-corrected chi connectivity index (χ2v) is 19.7. The van der Waals surface area contributed by atoms with Crippen molar-refractivity contribution in [3.8, 4) is 22.4 Å². The summed E-state index contributed by atoms with van der Waals surface area (Å²) in [6, 6.07) is 38.0. The fraction of sp³-hybridized carbons (Fsp3) is 0.242. The molecule has 6 aromatic rings. The van der Waals surface area contributed by atoms with Crippen molar-refractivity contribution in [1.82, 2.24) is 4.98 Å². The van der Waals surface area contributed by atoms with E-state index >= 15 is 0 Å². The lowest BCUT2D eigenvalue weighted by Crippen LogP contribution is -2.25. The molecule has 63 heavy (non-hydrogen) atoms. The number of aromatic nitrogens is 1. The predicted molar refractivity (Wildman–Crippen MR) is 271 cm³/mol. The number of allylic oxidation sites excluding steroid dienone is 12. The van der Waals surface area contributed by atoms with E-state index in [1.165, 1.54) is 89.2 Å². The summed E-state index contributed by atoms with van der Waals surface area (Å²) in [5.41, 5.74) is 22.5. The number of benzene rings is 5. The highest BCUT2D eigenvalue weighted by Crippen LogP contribution is 2.55. The Hall–Kier alpha value is -6.31. The zero-order valence-electron chi connectivity index (χ0n) is 38.0. The third-order valence-electron chi connectivity index (χ3n) is 15.2. The average molecular weight is 818 g/mol. The van der Waals surface area contributed by atoms with Gasteiger partial charge in [-0.1, -0.05) is 178 Å². The van der Waals surface area contributed by atoms with E-state index in [1.54, 1.807) is 22.3 Å². The van der Waals surface area contributed by atoms with E-state index in [0.29, 0.717) is 5.92 Å². The van der Waals surface area contributed by atoms with Crippen LogP contribution in [0.3, 0.4) is 0 Å². The van der Waals surface area contributed by atoms with Gasteiger partial charge in [0, 0.05) is 28.0 Å². The third kappa shape index (κ3) is 7.26. The second kappa shape index (κ2) is 15.8. The highest BCUT2D eigenvalue weighted by atomic mass is 14.7. The van der Waals surface area contributed by atoms with Gasteiger partial charge < -0.3 is 0 Å². The minimum atomic E-state index is -0.146. The molecule has 0 bridgehead atoms. The minimum Gasteiger partial charge on any atom is -0.256 e. The molecule has 0 N–H and O–H groups in total.